The van der Waals surface area contributed by atoms with Crippen LogP contribution in [0.2, 0.25) is 0 Å². The van der Waals surface area contributed by atoms with Crippen LogP contribution in [-0.4, -0.2) is 70.1 Å². The summed E-state index contributed by atoms with van der Waals surface area (Å²) < 4.78 is 2.11. The van der Waals surface area contributed by atoms with Crippen molar-refractivity contribution in [3.63, 3.8) is 0 Å². The van der Waals surface area contributed by atoms with Crippen molar-refractivity contribution >= 4 is 34.4 Å². The number of piperazine rings is 1. The lowest BCUT2D eigenvalue weighted by Gasteiger charge is -2.35. The summed E-state index contributed by atoms with van der Waals surface area (Å²) in [5, 5.41) is 7.47. The predicted octanol–water partition coefficient (Wildman–Crippen LogP) is 2.65. The van der Waals surface area contributed by atoms with Gasteiger partial charge in [-0.3, -0.25) is 4.79 Å². The van der Waals surface area contributed by atoms with Gasteiger partial charge in [-0.25, -0.2) is 9.97 Å². The number of likely N-dealkylation sites (N-methyl/N-ethyl adjacent to an activating group) is 1. The van der Waals surface area contributed by atoms with Crippen molar-refractivity contribution in [1.82, 2.24) is 29.7 Å². The third-order valence-corrected chi connectivity index (χ3v) is 6.70. The van der Waals surface area contributed by atoms with Crippen LogP contribution in [0.15, 0.2) is 30.6 Å². The van der Waals surface area contributed by atoms with Crippen molar-refractivity contribution in [3.05, 3.63) is 36.3 Å². The number of nitrogens with one attached hydrogen (secondary N) is 2. The highest BCUT2D eigenvalue weighted by atomic mass is 16.2. The number of fused-ring (bicyclic) bond motifs is 3. The monoisotopic (exact) mass is 434 g/mol. The summed E-state index contributed by atoms with van der Waals surface area (Å²) in [7, 11) is 1.87. The number of hydrogen-bond acceptors (Lipinski definition) is 7. The van der Waals surface area contributed by atoms with Crippen LogP contribution in [0.3, 0.4) is 0 Å². The first-order valence-corrected chi connectivity index (χ1v) is 11.4. The minimum atomic E-state index is 0.0298. The van der Waals surface area contributed by atoms with E-state index in [1.165, 1.54) is 0 Å². The Morgan fingerprint density at radius 1 is 1.22 bits per heavy atom. The molecule has 1 amide bonds. The Bertz CT molecular complexity index is 1120. The molecule has 1 saturated heterocycles. The van der Waals surface area contributed by atoms with Crippen molar-refractivity contribution < 1.29 is 4.79 Å². The van der Waals surface area contributed by atoms with Crippen molar-refractivity contribution in [2.45, 2.75) is 26.3 Å². The zero-order valence-electron chi connectivity index (χ0n) is 18.9. The molecule has 2 N–H and O–H groups in total. The van der Waals surface area contributed by atoms with Gasteiger partial charge in [-0.05, 0) is 24.1 Å². The normalized spacial score (nSPS) is 19.8. The van der Waals surface area contributed by atoms with Gasteiger partial charge in [0, 0.05) is 51.4 Å². The van der Waals surface area contributed by atoms with E-state index in [9.17, 15) is 4.79 Å². The first-order chi connectivity index (χ1) is 15.5. The van der Waals surface area contributed by atoms with Crippen LogP contribution in [0.25, 0.3) is 11.0 Å². The highest BCUT2D eigenvalue weighted by Gasteiger charge is 2.33. The highest BCUT2D eigenvalue weighted by molar-refractivity contribution is 5.98. The first kappa shape index (κ1) is 20.7. The van der Waals surface area contributed by atoms with Crippen molar-refractivity contribution in [3.8, 4) is 0 Å². The minimum Gasteiger partial charge on any atom is -0.368 e. The van der Waals surface area contributed by atoms with Crippen LogP contribution in [0.1, 0.15) is 36.8 Å². The Labute approximate surface area is 187 Å². The second-order valence-corrected chi connectivity index (χ2v) is 8.77. The molecule has 1 fully saturated rings. The number of nitrogens with zero attached hydrogens (tertiary/aromatic N) is 6. The molecule has 3 aromatic rings. The van der Waals surface area contributed by atoms with Crippen LogP contribution < -0.4 is 15.5 Å². The maximum atomic E-state index is 12.8. The number of pyridine rings is 1. The fourth-order valence-corrected chi connectivity index (χ4v) is 4.60. The van der Waals surface area contributed by atoms with Gasteiger partial charge in [0.1, 0.15) is 17.2 Å². The summed E-state index contributed by atoms with van der Waals surface area (Å²) in [5.41, 5.74) is 2.60. The fourth-order valence-electron chi connectivity index (χ4n) is 4.60. The molecule has 9 heteroatoms. The Morgan fingerprint density at radius 2 is 2.03 bits per heavy atom. The lowest BCUT2D eigenvalue weighted by molar-refractivity contribution is 0.0692. The van der Waals surface area contributed by atoms with E-state index < -0.39 is 0 Å². The maximum Gasteiger partial charge on any atom is 0.270 e. The molecule has 0 aliphatic carbocycles. The van der Waals surface area contributed by atoms with Crippen LogP contribution in [-0.2, 0) is 0 Å². The van der Waals surface area contributed by atoms with Crippen molar-refractivity contribution in [2.75, 3.05) is 50.0 Å². The molecular formula is C23H30N8O. The zero-order valence-corrected chi connectivity index (χ0v) is 18.9. The molecule has 0 spiro atoms. The summed E-state index contributed by atoms with van der Waals surface area (Å²) in [5.74, 6) is 1.63. The van der Waals surface area contributed by atoms with Gasteiger partial charge in [-0.15, -0.1) is 0 Å². The molecule has 2 unspecified atom stereocenters. The van der Waals surface area contributed by atoms with Crippen LogP contribution in [0.4, 0.5) is 17.5 Å². The number of anilines is 3. The predicted molar refractivity (Wildman–Crippen MR) is 126 cm³/mol. The number of rotatable bonds is 5. The molecule has 32 heavy (non-hydrogen) atoms. The third-order valence-electron chi connectivity index (χ3n) is 6.70. The molecule has 168 valence electrons. The molecule has 2 atom stereocenters. The lowest BCUT2D eigenvalue weighted by Crippen LogP contribution is -2.43. The second kappa shape index (κ2) is 8.38. The molecule has 5 heterocycles. The molecule has 5 rings (SSSR count). The van der Waals surface area contributed by atoms with E-state index in [1.54, 1.807) is 6.20 Å². The summed E-state index contributed by atoms with van der Waals surface area (Å²) >= 11 is 0. The van der Waals surface area contributed by atoms with Crippen LogP contribution in [0, 0.1) is 5.92 Å². The molecule has 9 nitrogen and oxygen atoms in total. The summed E-state index contributed by atoms with van der Waals surface area (Å²) in [6.07, 6.45) is 4.70. The lowest BCUT2D eigenvalue weighted by atomic mass is 9.96. The Balaban J connectivity index is 1.44. The summed E-state index contributed by atoms with van der Waals surface area (Å²) in [4.78, 5) is 30.8. The molecule has 3 aromatic heterocycles. The molecule has 0 bridgehead atoms. The topological polar surface area (TPSA) is 91.2 Å². The number of carbonyl (C=O) groups is 1. The fraction of sp³-hybridized carbons (Fsp3) is 0.478. The quantitative estimate of drug-likeness (QED) is 0.638. The smallest absolute Gasteiger partial charge is 0.270 e. The zero-order chi connectivity index (χ0) is 22.2. The van der Waals surface area contributed by atoms with Gasteiger partial charge in [0.25, 0.3) is 5.91 Å². The average Bonchev–Trinajstić information content (AvgIpc) is 3.21. The Hall–Kier alpha value is -3.20. The average molecular weight is 435 g/mol. The number of carbonyl (C=O) groups excluding carboxylic acids is 1. The molecular weight excluding hydrogens is 404 g/mol. The van der Waals surface area contributed by atoms with Gasteiger partial charge in [0.15, 0.2) is 0 Å². The van der Waals surface area contributed by atoms with E-state index in [0.717, 1.165) is 49.3 Å². The van der Waals surface area contributed by atoms with Crippen molar-refractivity contribution in [1.29, 1.82) is 0 Å². The van der Waals surface area contributed by atoms with E-state index in [0.29, 0.717) is 29.9 Å². The molecule has 0 radical (unpaired) electrons. The SMILES string of the molecule is CCC(C)C1CN(C)C(=O)c2cc3cnc(Nc4ccc(N5CCNCC5)cn4)nc3n21. The van der Waals surface area contributed by atoms with Gasteiger partial charge < -0.3 is 25.0 Å². The molecule has 0 aromatic carbocycles. The molecule has 0 saturated carbocycles. The summed E-state index contributed by atoms with van der Waals surface area (Å²) in [6.45, 7) is 9.05. The highest BCUT2D eigenvalue weighted by Crippen LogP contribution is 2.33. The standard InChI is InChI=1S/C23H30N8O/c1-4-15(2)19-14-29(3)22(32)18-11-16-12-26-23(28-21(16)31(18)19)27-20-6-5-17(13-25-20)30-9-7-24-8-10-30/h5-6,11-13,15,19,24H,4,7-10,14H2,1-3H3,(H,25,26,27,28). The van der Waals surface area contributed by atoms with E-state index in [-0.39, 0.29) is 11.9 Å². The largest absolute Gasteiger partial charge is 0.368 e. The van der Waals surface area contributed by atoms with Crippen LogP contribution >= 0.6 is 0 Å². The van der Waals surface area contributed by atoms with E-state index in [2.05, 4.69) is 50.0 Å². The van der Waals surface area contributed by atoms with Gasteiger partial charge in [0.2, 0.25) is 5.95 Å². The molecule has 2 aliphatic heterocycles. The van der Waals surface area contributed by atoms with Gasteiger partial charge >= 0.3 is 0 Å². The first-order valence-electron chi connectivity index (χ1n) is 11.4. The Morgan fingerprint density at radius 3 is 2.75 bits per heavy atom. The third kappa shape index (κ3) is 3.66. The van der Waals surface area contributed by atoms with Gasteiger partial charge in [-0.2, -0.15) is 4.98 Å². The molecule has 2 aliphatic rings. The van der Waals surface area contributed by atoms with E-state index in [4.69, 9.17) is 4.98 Å². The number of aromatic nitrogens is 4. The maximum absolute atomic E-state index is 12.8. The Kier molecular flexibility index (Phi) is 5.42. The van der Waals surface area contributed by atoms with E-state index in [1.807, 2.05) is 30.3 Å². The van der Waals surface area contributed by atoms with Gasteiger partial charge in [-0.1, -0.05) is 20.3 Å². The minimum absolute atomic E-state index is 0.0298. The van der Waals surface area contributed by atoms with Crippen molar-refractivity contribution in [2.24, 2.45) is 5.92 Å². The van der Waals surface area contributed by atoms with Gasteiger partial charge in [0.05, 0.1) is 17.9 Å². The van der Waals surface area contributed by atoms with Crippen LogP contribution in [0.5, 0.6) is 0 Å². The second-order valence-electron chi connectivity index (χ2n) is 8.77. The number of hydrogen-bond donors (Lipinski definition) is 2. The summed E-state index contributed by atoms with van der Waals surface area (Å²) in [6, 6.07) is 6.13. The number of amides is 1. The van der Waals surface area contributed by atoms with E-state index >= 15 is 0 Å².